The molecule has 3 aliphatic rings. The quantitative estimate of drug-likeness (QED) is 0.660. The van der Waals surface area contributed by atoms with Crippen LogP contribution in [0.2, 0.25) is 0 Å². The zero-order valence-corrected chi connectivity index (χ0v) is 18.1. The molecule has 0 aromatic heterocycles. The molecule has 28 heavy (non-hydrogen) atoms. The van der Waals surface area contributed by atoms with Crippen LogP contribution >= 0.6 is 0 Å². The van der Waals surface area contributed by atoms with Gasteiger partial charge in [-0.1, -0.05) is 51.4 Å². The molecule has 0 aromatic rings. The van der Waals surface area contributed by atoms with Crippen molar-refractivity contribution >= 4 is 11.8 Å². The van der Waals surface area contributed by atoms with E-state index in [0.717, 1.165) is 38.1 Å². The number of hydrogen-bond donors (Lipinski definition) is 1. The van der Waals surface area contributed by atoms with Crippen molar-refractivity contribution < 1.29 is 9.59 Å². The van der Waals surface area contributed by atoms with Gasteiger partial charge in [0.15, 0.2) is 0 Å². The molecule has 3 saturated carbocycles. The van der Waals surface area contributed by atoms with E-state index in [1.165, 1.54) is 70.6 Å². The summed E-state index contributed by atoms with van der Waals surface area (Å²) in [5, 5.41) is 3.26. The molecule has 3 rings (SSSR count). The molecule has 2 amide bonds. The smallest absolute Gasteiger partial charge is 0.225 e. The lowest BCUT2D eigenvalue weighted by molar-refractivity contribution is -0.135. The van der Waals surface area contributed by atoms with Crippen LogP contribution in [0.5, 0.6) is 0 Å². The number of rotatable bonds is 7. The van der Waals surface area contributed by atoms with Crippen molar-refractivity contribution in [2.75, 3.05) is 13.6 Å². The van der Waals surface area contributed by atoms with Gasteiger partial charge in [0.05, 0.1) is 0 Å². The Balaban J connectivity index is 1.32. The first-order chi connectivity index (χ1) is 13.6. The van der Waals surface area contributed by atoms with Crippen LogP contribution in [0, 0.1) is 17.8 Å². The molecule has 0 spiro atoms. The molecule has 0 unspecified atom stereocenters. The Morgan fingerprint density at radius 1 is 0.786 bits per heavy atom. The van der Waals surface area contributed by atoms with Crippen molar-refractivity contribution in [3.63, 3.8) is 0 Å². The van der Waals surface area contributed by atoms with E-state index in [-0.39, 0.29) is 17.9 Å². The zero-order valence-electron chi connectivity index (χ0n) is 18.1. The van der Waals surface area contributed by atoms with Gasteiger partial charge < -0.3 is 10.2 Å². The van der Waals surface area contributed by atoms with Crippen LogP contribution in [-0.2, 0) is 9.59 Å². The minimum Gasteiger partial charge on any atom is -0.353 e. The molecule has 0 aliphatic heterocycles. The molecule has 4 heteroatoms. The largest absolute Gasteiger partial charge is 0.353 e. The van der Waals surface area contributed by atoms with Gasteiger partial charge in [-0.2, -0.15) is 0 Å². The van der Waals surface area contributed by atoms with Crippen LogP contribution in [0.15, 0.2) is 0 Å². The summed E-state index contributed by atoms with van der Waals surface area (Å²) < 4.78 is 0. The van der Waals surface area contributed by atoms with Gasteiger partial charge >= 0.3 is 0 Å². The van der Waals surface area contributed by atoms with Crippen LogP contribution in [0.4, 0.5) is 0 Å². The third-order valence-corrected chi connectivity index (χ3v) is 7.61. The number of nitrogens with zero attached hydrogens (tertiary/aromatic N) is 1. The van der Waals surface area contributed by atoms with E-state index in [0.29, 0.717) is 18.2 Å². The van der Waals surface area contributed by atoms with Gasteiger partial charge in [-0.25, -0.2) is 0 Å². The van der Waals surface area contributed by atoms with Crippen molar-refractivity contribution in [2.24, 2.45) is 17.8 Å². The zero-order chi connectivity index (χ0) is 19.8. The van der Waals surface area contributed by atoms with Crippen LogP contribution < -0.4 is 5.32 Å². The fraction of sp³-hybridized carbons (Fsp3) is 0.917. The van der Waals surface area contributed by atoms with Gasteiger partial charge in [-0.05, 0) is 56.8 Å². The van der Waals surface area contributed by atoms with Crippen LogP contribution in [0.3, 0.4) is 0 Å². The Morgan fingerprint density at radius 2 is 1.36 bits per heavy atom. The maximum atomic E-state index is 12.8. The summed E-state index contributed by atoms with van der Waals surface area (Å²) in [6, 6.07) is 0.285. The van der Waals surface area contributed by atoms with Crippen molar-refractivity contribution in [3.05, 3.63) is 0 Å². The van der Waals surface area contributed by atoms with E-state index in [2.05, 4.69) is 5.32 Å². The van der Waals surface area contributed by atoms with E-state index in [9.17, 15) is 9.59 Å². The second kappa shape index (κ2) is 11.2. The monoisotopic (exact) mass is 390 g/mol. The van der Waals surface area contributed by atoms with E-state index in [1.54, 1.807) is 0 Å². The van der Waals surface area contributed by atoms with Crippen LogP contribution in [0.25, 0.3) is 0 Å². The molecule has 4 nitrogen and oxygen atoms in total. The van der Waals surface area contributed by atoms with Crippen molar-refractivity contribution in [3.8, 4) is 0 Å². The molecule has 0 aromatic carbocycles. The molecule has 160 valence electrons. The average Bonchev–Trinajstić information content (AvgIpc) is 2.73. The highest BCUT2D eigenvalue weighted by Crippen LogP contribution is 2.29. The maximum absolute atomic E-state index is 12.8. The first-order valence-electron chi connectivity index (χ1n) is 12.2. The van der Waals surface area contributed by atoms with Gasteiger partial charge in [0.25, 0.3) is 0 Å². The Hall–Kier alpha value is -1.06. The molecular formula is C24H42N2O2. The molecule has 1 N–H and O–H groups in total. The lowest BCUT2D eigenvalue weighted by Gasteiger charge is -2.32. The normalized spacial score (nSPS) is 27.3. The summed E-state index contributed by atoms with van der Waals surface area (Å²) in [7, 11) is 1.99. The Morgan fingerprint density at radius 3 is 1.96 bits per heavy atom. The number of hydrogen-bond acceptors (Lipinski definition) is 2. The van der Waals surface area contributed by atoms with Gasteiger partial charge in [-0.15, -0.1) is 0 Å². The molecular weight excluding hydrogens is 348 g/mol. The molecule has 0 bridgehead atoms. The lowest BCUT2D eigenvalue weighted by atomic mass is 9.84. The second-order valence-electron chi connectivity index (χ2n) is 9.88. The predicted octanol–water partition coefficient (Wildman–Crippen LogP) is 5.06. The predicted molar refractivity (Wildman–Crippen MR) is 114 cm³/mol. The minimum atomic E-state index is 0.169. The van der Waals surface area contributed by atoms with Crippen LogP contribution in [0.1, 0.15) is 103 Å². The summed E-state index contributed by atoms with van der Waals surface area (Å²) >= 11 is 0. The highest BCUT2D eigenvalue weighted by atomic mass is 16.2. The van der Waals surface area contributed by atoms with Crippen molar-refractivity contribution in [1.29, 1.82) is 0 Å². The third kappa shape index (κ3) is 6.77. The highest BCUT2D eigenvalue weighted by molar-refractivity contribution is 5.79. The Kier molecular flexibility index (Phi) is 8.66. The first-order valence-corrected chi connectivity index (χ1v) is 12.2. The van der Waals surface area contributed by atoms with Crippen LogP contribution in [-0.4, -0.2) is 36.3 Å². The van der Waals surface area contributed by atoms with Gasteiger partial charge in [0.1, 0.15) is 0 Å². The number of carbonyl (C=O) groups excluding carboxylic acids is 2. The molecule has 0 heterocycles. The number of nitrogens with one attached hydrogen (secondary N) is 1. The Bertz CT molecular complexity index is 487. The molecule has 0 radical (unpaired) electrons. The molecule has 3 fully saturated rings. The molecule has 0 atom stereocenters. The van der Waals surface area contributed by atoms with E-state index >= 15 is 0 Å². The lowest BCUT2D eigenvalue weighted by Crippen LogP contribution is -2.42. The Labute approximate surface area is 172 Å². The summed E-state index contributed by atoms with van der Waals surface area (Å²) in [5.74, 6) is 2.18. The summed E-state index contributed by atoms with van der Waals surface area (Å²) in [5.41, 5.74) is 0. The summed E-state index contributed by atoms with van der Waals surface area (Å²) in [6.07, 6.45) is 18.9. The summed E-state index contributed by atoms with van der Waals surface area (Å²) in [6.45, 7) is 0.918. The van der Waals surface area contributed by atoms with E-state index in [4.69, 9.17) is 0 Å². The number of amides is 2. The topological polar surface area (TPSA) is 49.4 Å². The van der Waals surface area contributed by atoms with Crippen molar-refractivity contribution in [2.45, 2.75) is 109 Å². The summed E-state index contributed by atoms with van der Waals surface area (Å²) in [4.78, 5) is 27.1. The average molecular weight is 391 g/mol. The van der Waals surface area contributed by atoms with E-state index < -0.39 is 0 Å². The standard InChI is InChI=1S/C24H42N2O2/c1-26(17-16-19-8-4-2-5-9-19)24(28)21-12-14-22(15-13-21)25-23(27)18-20-10-6-3-7-11-20/h19-22H,2-18H2,1H3,(H,25,27). The fourth-order valence-electron chi connectivity index (χ4n) is 5.70. The van der Waals surface area contributed by atoms with E-state index in [1.807, 2.05) is 11.9 Å². The third-order valence-electron chi connectivity index (χ3n) is 7.61. The first kappa shape index (κ1) is 21.6. The second-order valence-corrected chi connectivity index (χ2v) is 9.88. The minimum absolute atomic E-state index is 0.169. The maximum Gasteiger partial charge on any atom is 0.225 e. The van der Waals surface area contributed by atoms with Gasteiger partial charge in [-0.3, -0.25) is 9.59 Å². The molecule has 0 saturated heterocycles. The fourth-order valence-corrected chi connectivity index (χ4v) is 5.70. The van der Waals surface area contributed by atoms with Gasteiger partial charge in [0.2, 0.25) is 11.8 Å². The van der Waals surface area contributed by atoms with Crippen molar-refractivity contribution in [1.82, 2.24) is 10.2 Å². The SMILES string of the molecule is CN(CCC1CCCCC1)C(=O)C1CCC(NC(=O)CC2CCCCC2)CC1. The molecule has 3 aliphatic carbocycles. The van der Waals surface area contributed by atoms with Gasteiger partial charge in [0, 0.05) is 32.0 Å². The number of carbonyl (C=O) groups is 2. The highest BCUT2D eigenvalue weighted by Gasteiger charge is 2.29.